The number of ether oxygens (including phenoxy) is 3. The van der Waals surface area contributed by atoms with E-state index in [-0.39, 0.29) is 10.9 Å². The van der Waals surface area contributed by atoms with Crippen LogP contribution in [0.5, 0.6) is 5.75 Å². The van der Waals surface area contributed by atoms with E-state index in [1.54, 1.807) is 19.2 Å². The molecule has 0 amide bonds. The molecule has 1 aromatic rings. The monoisotopic (exact) mass is 329 g/mol. The Morgan fingerprint density at radius 3 is 2.73 bits per heavy atom. The normalized spacial score (nSPS) is 18.8. The molecule has 1 heterocycles. The van der Waals surface area contributed by atoms with Crippen LogP contribution in [0.4, 0.5) is 0 Å². The molecule has 22 heavy (non-hydrogen) atoms. The summed E-state index contributed by atoms with van der Waals surface area (Å²) in [6.07, 6.45) is 0.692. The van der Waals surface area contributed by atoms with Crippen molar-refractivity contribution >= 4 is 10.0 Å². The molecule has 0 spiro atoms. The van der Waals surface area contributed by atoms with Crippen LogP contribution in [0.25, 0.3) is 0 Å². The van der Waals surface area contributed by atoms with Crippen LogP contribution in [-0.2, 0) is 19.5 Å². The lowest BCUT2D eigenvalue weighted by Gasteiger charge is -2.27. The summed E-state index contributed by atoms with van der Waals surface area (Å²) in [4.78, 5) is 0.193. The van der Waals surface area contributed by atoms with Gasteiger partial charge in [-0.25, -0.2) is 8.42 Å². The first-order valence-electron chi connectivity index (χ1n) is 7.24. The fourth-order valence-electron chi connectivity index (χ4n) is 2.54. The van der Waals surface area contributed by atoms with Crippen molar-refractivity contribution in [2.24, 2.45) is 0 Å². The van der Waals surface area contributed by atoms with Crippen LogP contribution in [0, 0.1) is 6.92 Å². The van der Waals surface area contributed by atoms with E-state index < -0.39 is 10.0 Å². The lowest BCUT2D eigenvalue weighted by atomic mass is 10.2. The Labute approximate surface area is 132 Å². The van der Waals surface area contributed by atoms with Crippen molar-refractivity contribution in [3.05, 3.63) is 23.8 Å². The highest BCUT2D eigenvalue weighted by Crippen LogP contribution is 2.30. The van der Waals surface area contributed by atoms with Gasteiger partial charge < -0.3 is 14.2 Å². The summed E-state index contributed by atoms with van der Waals surface area (Å²) >= 11 is 0. The zero-order valence-electron chi connectivity index (χ0n) is 13.2. The number of methoxy groups -OCH3 is 2. The predicted molar refractivity (Wildman–Crippen MR) is 82.7 cm³/mol. The molecular weight excluding hydrogens is 306 g/mol. The molecule has 1 aromatic carbocycles. The number of sulfonamides is 1. The Kier molecular flexibility index (Phi) is 5.80. The molecule has 124 valence electrons. The van der Waals surface area contributed by atoms with Crippen LogP contribution in [-0.4, -0.2) is 59.3 Å². The highest BCUT2D eigenvalue weighted by Gasteiger charge is 2.35. The van der Waals surface area contributed by atoms with Crippen molar-refractivity contribution in [3.63, 3.8) is 0 Å². The van der Waals surface area contributed by atoms with Gasteiger partial charge in [-0.3, -0.25) is 0 Å². The largest absolute Gasteiger partial charge is 0.495 e. The molecule has 0 unspecified atom stereocenters. The Hall–Kier alpha value is -1.15. The number of aryl methyl sites for hydroxylation is 1. The third-order valence-electron chi connectivity index (χ3n) is 3.73. The molecule has 1 saturated heterocycles. The maximum atomic E-state index is 13.1. The molecule has 0 N–H and O–H groups in total. The number of benzene rings is 1. The first-order valence-corrected chi connectivity index (χ1v) is 8.68. The molecule has 1 atom stereocenters. The second-order valence-corrected chi connectivity index (χ2v) is 7.14. The quantitative estimate of drug-likeness (QED) is 0.757. The minimum Gasteiger partial charge on any atom is -0.495 e. The summed E-state index contributed by atoms with van der Waals surface area (Å²) in [7, 11) is -0.641. The van der Waals surface area contributed by atoms with Crippen LogP contribution in [0.1, 0.15) is 12.0 Å². The Bertz CT molecular complexity index is 596. The van der Waals surface area contributed by atoms with Crippen LogP contribution in [0.3, 0.4) is 0 Å². The molecule has 0 aromatic heterocycles. The van der Waals surface area contributed by atoms with Gasteiger partial charge in [0.1, 0.15) is 10.6 Å². The van der Waals surface area contributed by atoms with Crippen molar-refractivity contribution in [1.29, 1.82) is 0 Å². The molecule has 1 aliphatic heterocycles. The Morgan fingerprint density at radius 2 is 2.14 bits per heavy atom. The number of nitrogens with zero attached hydrogens (tertiary/aromatic N) is 1. The second-order valence-electron chi connectivity index (χ2n) is 5.28. The van der Waals surface area contributed by atoms with Gasteiger partial charge in [0.25, 0.3) is 0 Å². The van der Waals surface area contributed by atoms with E-state index in [9.17, 15) is 8.42 Å². The zero-order chi connectivity index (χ0) is 16.2. The van der Waals surface area contributed by atoms with E-state index in [4.69, 9.17) is 14.2 Å². The minimum atomic E-state index is -3.67. The molecule has 6 nitrogen and oxygen atoms in total. The van der Waals surface area contributed by atoms with E-state index in [0.717, 1.165) is 5.56 Å². The summed E-state index contributed by atoms with van der Waals surface area (Å²) < 4.78 is 43.3. The van der Waals surface area contributed by atoms with E-state index >= 15 is 0 Å². The molecule has 0 saturated carbocycles. The van der Waals surface area contributed by atoms with Crippen molar-refractivity contribution in [1.82, 2.24) is 4.31 Å². The molecule has 1 aliphatic rings. The number of rotatable bonds is 7. The third-order valence-corrected chi connectivity index (χ3v) is 5.71. The average molecular weight is 329 g/mol. The van der Waals surface area contributed by atoms with E-state index in [1.807, 2.05) is 13.0 Å². The minimum absolute atomic E-state index is 0.162. The van der Waals surface area contributed by atoms with Crippen molar-refractivity contribution in [2.75, 3.05) is 40.6 Å². The highest BCUT2D eigenvalue weighted by atomic mass is 32.2. The Balaban J connectivity index is 2.41. The second kappa shape index (κ2) is 7.41. The standard InChI is InChI=1S/C15H23NO5S/c1-12-4-5-14(20-3)15(10-12)22(17,18)16(7-9-19-2)13-6-8-21-11-13/h4-5,10,13H,6-9,11H2,1-3H3/t13-/m0/s1. The molecule has 0 radical (unpaired) electrons. The van der Waals surface area contributed by atoms with Gasteiger partial charge in [0.15, 0.2) is 0 Å². The van der Waals surface area contributed by atoms with E-state index in [0.29, 0.717) is 38.5 Å². The maximum Gasteiger partial charge on any atom is 0.247 e. The van der Waals surface area contributed by atoms with Crippen LogP contribution < -0.4 is 4.74 Å². The van der Waals surface area contributed by atoms with E-state index in [1.165, 1.54) is 11.4 Å². The molecule has 7 heteroatoms. The topological polar surface area (TPSA) is 65.1 Å². The SMILES string of the molecule is COCCN([C@H]1CCOC1)S(=O)(=O)c1cc(C)ccc1OC. The summed E-state index contributed by atoms with van der Waals surface area (Å²) in [5.41, 5.74) is 0.869. The number of hydrogen-bond donors (Lipinski definition) is 0. The predicted octanol–water partition coefficient (Wildman–Crippen LogP) is 1.43. The van der Waals surface area contributed by atoms with Gasteiger partial charge >= 0.3 is 0 Å². The molecular formula is C15H23NO5S. The molecule has 0 aliphatic carbocycles. The fraction of sp³-hybridized carbons (Fsp3) is 0.600. The lowest BCUT2D eigenvalue weighted by Crippen LogP contribution is -2.42. The van der Waals surface area contributed by atoms with Crippen molar-refractivity contribution in [3.8, 4) is 5.75 Å². The van der Waals surface area contributed by atoms with Gasteiger partial charge in [-0.2, -0.15) is 4.31 Å². The Morgan fingerprint density at radius 1 is 1.36 bits per heavy atom. The van der Waals surface area contributed by atoms with Crippen molar-refractivity contribution < 1.29 is 22.6 Å². The molecule has 0 bridgehead atoms. The fourth-order valence-corrected chi connectivity index (χ4v) is 4.41. The van der Waals surface area contributed by atoms with Gasteiger partial charge in [-0.05, 0) is 31.0 Å². The van der Waals surface area contributed by atoms with Gasteiger partial charge in [0.05, 0.1) is 26.4 Å². The average Bonchev–Trinajstić information content (AvgIpc) is 3.01. The van der Waals surface area contributed by atoms with Gasteiger partial charge in [-0.15, -0.1) is 0 Å². The smallest absolute Gasteiger partial charge is 0.247 e. The lowest BCUT2D eigenvalue weighted by molar-refractivity contribution is 0.148. The molecule has 1 fully saturated rings. The zero-order valence-corrected chi connectivity index (χ0v) is 14.1. The van der Waals surface area contributed by atoms with Crippen LogP contribution in [0.15, 0.2) is 23.1 Å². The molecule has 2 rings (SSSR count). The summed E-state index contributed by atoms with van der Waals surface area (Å²) in [6, 6.07) is 4.99. The first-order chi connectivity index (χ1) is 10.5. The summed E-state index contributed by atoms with van der Waals surface area (Å²) in [6.45, 7) is 3.48. The van der Waals surface area contributed by atoms with Gasteiger partial charge in [0.2, 0.25) is 10.0 Å². The maximum absolute atomic E-state index is 13.1. The van der Waals surface area contributed by atoms with Crippen LogP contribution in [0.2, 0.25) is 0 Å². The van der Waals surface area contributed by atoms with Gasteiger partial charge in [-0.1, -0.05) is 6.07 Å². The van der Waals surface area contributed by atoms with Crippen molar-refractivity contribution in [2.45, 2.75) is 24.3 Å². The summed E-state index contributed by atoms with van der Waals surface area (Å²) in [5, 5.41) is 0. The van der Waals surface area contributed by atoms with Gasteiger partial charge in [0, 0.05) is 20.3 Å². The summed E-state index contributed by atoms with van der Waals surface area (Å²) in [5.74, 6) is 0.354. The highest BCUT2D eigenvalue weighted by molar-refractivity contribution is 7.89. The van der Waals surface area contributed by atoms with Crippen LogP contribution >= 0.6 is 0 Å². The third kappa shape index (κ3) is 3.60. The van der Waals surface area contributed by atoms with E-state index in [2.05, 4.69) is 0 Å². The number of hydrogen-bond acceptors (Lipinski definition) is 5. The first kappa shape index (κ1) is 17.2.